The third-order valence-electron chi connectivity index (χ3n) is 5.93. The standard InChI is InChI=1S/C24H32ClN5O5/c1-3-35-24(33)16-6-4-15(5-7-16)13-27-9-11-30-10-8-19(20(14-30)34-2)28-22(31)17-12-18(25)21(26)29-23(17)32/h4-7,12,19-20,27H,3,8-11,13-14H2,1-2H3,(H,28,31)(H3,26,29,32)/t19-,20+/m1/s1. The number of aromatic amines is 1. The number of pyridine rings is 1. The van der Waals surface area contributed by atoms with Crippen molar-refractivity contribution in [2.45, 2.75) is 32.0 Å². The number of nitrogens with one attached hydrogen (secondary N) is 3. The summed E-state index contributed by atoms with van der Waals surface area (Å²) in [4.78, 5) is 41.1. The fraction of sp³-hybridized carbons (Fsp3) is 0.458. The number of piperidine rings is 1. The Balaban J connectivity index is 1.44. The van der Waals surface area contributed by atoms with E-state index in [4.69, 9.17) is 26.8 Å². The van der Waals surface area contributed by atoms with Crippen LogP contribution in [0, 0.1) is 0 Å². The summed E-state index contributed by atoms with van der Waals surface area (Å²) in [5.41, 5.74) is 6.53. The second-order valence-electron chi connectivity index (χ2n) is 8.31. The van der Waals surface area contributed by atoms with Gasteiger partial charge >= 0.3 is 5.97 Å². The molecule has 0 aliphatic carbocycles. The van der Waals surface area contributed by atoms with Gasteiger partial charge in [0.15, 0.2) is 0 Å². The molecule has 2 atom stereocenters. The van der Waals surface area contributed by atoms with E-state index in [1.165, 1.54) is 6.07 Å². The van der Waals surface area contributed by atoms with E-state index in [1.54, 1.807) is 26.2 Å². The first-order chi connectivity index (χ1) is 16.8. The lowest BCUT2D eigenvalue weighted by molar-refractivity contribution is 0.00678. The molecule has 0 unspecified atom stereocenters. The van der Waals surface area contributed by atoms with Crippen molar-refractivity contribution in [1.82, 2.24) is 20.5 Å². The summed E-state index contributed by atoms with van der Waals surface area (Å²) < 4.78 is 10.6. The van der Waals surface area contributed by atoms with E-state index in [2.05, 4.69) is 20.5 Å². The molecule has 1 fully saturated rings. The summed E-state index contributed by atoms with van der Waals surface area (Å²) in [6.07, 6.45) is 0.464. The van der Waals surface area contributed by atoms with Crippen LogP contribution in [0.15, 0.2) is 35.1 Å². The molecule has 11 heteroatoms. The molecular weight excluding hydrogens is 474 g/mol. The van der Waals surface area contributed by atoms with Gasteiger partial charge in [-0.3, -0.25) is 14.5 Å². The lowest BCUT2D eigenvalue weighted by Gasteiger charge is -2.38. The van der Waals surface area contributed by atoms with Gasteiger partial charge < -0.3 is 30.8 Å². The molecule has 1 aromatic carbocycles. The Morgan fingerprint density at radius 3 is 2.71 bits per heavy atom. The number of benzene rings is 1. The highest BCUT2D eigenvalue weighted by atomic mass is 35.5. The number of hydrogen-bond donors (Lipinski definition) is 4. The third kappa shape index (κ3) is 7.28. The summed E-state index contributed by atoms with van der Waals surface area (Å²) >= 11 is 5.95. The second kappa shape index (κ2) is 12.7. The first-order valence-electron chi connectivity index (χ1n) is 11.5. The lowest BCUT2D eigenvalue weighted by Crippen LogP contribution is -2.55. The third-order valence-corrected chi connectivity index (χ3v) is 6.24. The molecule has 3 rings (SSSR count). The van der Waals surface area contributed by atoms with Crippen LogP contribution < -0.4 is 21.9 Å². The molecule has 190 valence electrons. The van der Waals surface area contributed by atoms with Gasteiger partial charge in [0.05, 0.1) is 29.3 Å². The number of nitrogen functional groups attached to an aromatic ring is 1. The molecule has 1 aromatic heterocycles. The van der Waals surface area contributed by atoms with Gasteiger partial charge in [-0.25, -0.2) is 4.79 Å². The van der Waals surface area contributed by atoms with E-state index in [9.17, 15) is 14.4 Å². The molecule has 0 saturated carbocycles. The van der Waals surface area contributed by atoms with Crippen molar-refractivity contribution in [3.63, 3.8) is 0 Å². The van der Waals surface area contributed by atoms with Gasteiger partial charge in [0.2, 0.25) is 0 Å². The van der Waals surface area contributed by atoms with Crippen LogP contribution in [0.5, 0.6) is 0 Å². The minimum atomic E-state index is -0.586. The molecule has 0 spiro atoms. The molecule has 2 heterocycles. The van der Waals surface area contributed by atoms with Crippen molar-refractivity contribution in [2.75, 3.05) is 45.6 Å². The number of esters is 1. The van der Waals surface area contributed by atoms with Crippen LogP contribution in [0.1, 0.15) is 39.6 Å². The van der Waals surface area contributed by atoms with E-state index >= 15 is 0 Å². The summed E-state index contributed by atoms with van der Waals surface area (Å²) in [7, 11) is 1.61. The zero-order valence-corrected chi connectivity index (χ0v) is 20.7. The highest BCUT2D eigenvalue weighted by molar-refractivity contribution is 6.33. The molecule has 2 aromatic rings. The van der Waals surface area contributed by atoms with Gasteiger partial charge in [-0.15, -0.1) is 0 Å². The molecule has 10 nitrogen and oxygen atoms in total. The van der Waals surface area contributed by atoms with Crippen LogP contribution in [-0.2, 0) is 16.0 Å². The Kier molecular flexibility index (Phi) is 9.67. The van der Waals surface area contributed by atoms with Gasteiger partial charge in [0.1, 0.15) is 11.4 Å². The normalized spacial score (nSPS) is 18.3. The minimum Gasteiger partial charge on any atom is -0.462 e. The van der Waals surface area contributed by atoms with Gasteiger partial charge in [0, 0.05) is 39.8 Å². The molecule has 1 saturated heterocycles. The maximum atomic E-state index is 12.6. The zero-order valence-electron chi connectivity index (χ0n) is 19.9. The molecular formula is C24H32ClN5O5. The van der Waals surface area contributed by atoms with Crippen LogP contribution >= 0.6 is 11.6 Å². The van der Waals surface area contributed by atoms with Crippen molar-refractivity contribution >= 4 is 29.3 Å². The summed E-state index contributed by atoms with van der Waals surface area (Å²) in [5, 5.41) is 6.42. The molecule has 0 radical (unpaired) electrons. The Labute approximate surface area is 209 Å². The van der Waals surface area contributed by atoms with Gasteiger partial charge in [-0.2, -0.15) is 0 Å². The van der Waals surface area contributed by atoms with E-state index in [1.807, 2.05) is 12.1 Å². The van der Waals surface area contributed by atoms with Crippen molar-refractivity contribution in [3.8, 4) is 0 Å². The first-order valence-corrected chi connectivity index (χ1v) is 11.9. The molecule has 1 amide bonds. The number of carbonyl (C=O) groups is 2. The maximum absolute atomic E-state index is 12.6. The van der Waals surface area contributed by atoms with E-state index < -0.39 is 11.5 Å². The number of aromatic nitrogens is 1. The Hall–Kier alpha value is -2.92. The molecule has 35 heavy (non-hydrogen) atoms. The average molecular weight is 506 g/mol. The number of methoxy groups -OCH3 is 1. The number of nitrogens with two attached hydrogens (primary N) is 1. The number of carbonyl (C=O) groups excluding carboxylic acids is 2. The molecule has 5 N–H and O–H groups in total. The largest absolute Gasteiger partial charge is 0.462 e. The number of amides is 1. The highest BCUT2D eigenvalue weighted by Crippen LogP contribution is 2.17. The van der Waals surface area contributed by atoms with Crippen LogP contribution in [-0.4, -0.2) is 73.8 Å². The van der Waals surface area contributed by atoms with Crippen molar-refractivity contribution in [2.24, 2.45) is 0 Å². The first kappa shape index (κ1) is 26.7. The number of likely N-dealkylation sites (tertiary alicyclic amines) is 1. The van der Waals surface area contributed by atoms with Crippen molar-refractivity contribution < 1.29 is 19.1 Å². The number of rotatable bonds is 10. The zero-order chi connectivity index (χ0) is 25.4. The Morgan fingerprint density at radius 2 is 2.03 bits per heavy atom. The fourth-order valence-electron chi connectivity index (χ4n) is 3.96. The fourth-order valence-corrected chi connectivity index (χ4v) is 4.12. The highest BCUT2D eigenvalue weighted by Gasteiger charge is 2.31. The van der Waals surface area contributed by atoms with E-state index in [0.717, 1.165) is 25.2 Å². The second-order valence-corrected chi connectivity index (χ2v) is 8.72. The number of halogens is 1. The number of H-pyrrole nitrogens is 1. The Bertz CT molecular complexity index is 1070. The Morgan fingerprint density at radius 1 is 1.29 bits per heavy atom. The smallest absolute Gasteiger partial charge is 0.338 e. The number of hydrogen-bond acceptors (Lipinski definition) is 8. The van der Waals surface area contributed by atoms with Crippen molar-refractivity contribution in [1.29, 1.82) is 0 Å². The van der Waals surface area contributed by atoms with Crippen LogP contribution in [0.4, 0.5) is 5.82 Å². The summed E-state index contributed by atoms with van der Waals surface area (Å²) in [5.74, 6) is -0.800. The van der Waals surface area contributed by atoms with Crippen molar-refractivity contribution in [3.05, 3.63) is 62.4 Å². The van der Waals surface area contributed by atoms with Crippen LogP contribution in [0.3, 0.4) is 0 Å². The summed E-state index contributed by atoms with van der Waals surface area (Å²) in [6, 6.07) is 8.40. The van der Waals surface area contributed by atoms with Gasteiger partial charge in [-0.05, 0) is 37.1 Å². The number of nitrogens with zero attached hydrogens (tertiary/aromatic N) is 1. The number of ether oxygens (including phenoxy) is 2. The molecule has 1 aliphatic heterocycles. The SMILES string of the molecule is CCOC(=O)c1ccc(CNCCN2CC[C@@H](NC(=O)c3cc(Cl)c(N)[nH]c3=O)[C@@H](OC)C2)cc1. The van der Waals surface area contributed by atoms with Gasteiger partial charge in [0.25, 0.3) is 11.5 Å². The van der Waals surface area contributed by atoms with Gasteiger partial charge in [-0.1, -0.05) is 23.7 Å². The van der Waals surface area contributed by atoms with Crippen LogP contribution in [0.25, 0.3) is 0 Å². The molecule has 1 aliphatic rings. The predicted octanol–water partition coefficient (Wildman–Crippen LogP) is 1.40. The molecule has 0 bridgehead atoms. The summed E-state index contributed by atoms with van der Waals surface area (Å²) in [6.45, 7) is 5.83. The quantitative estimate of drug-likeness (QED) is 0.281. The van der Waals surface area contributed by atoms with E-state index in [-0.39, 0.29) is 34.5 Å². The topological polar surface area (TPSA) is 139 Å². The number of anilines is 1. The lowest BCUT2D eigenvalue weighted by atomic mass is 10.0. The van der Waals surface area contributed by atoms with Crippen LogP contribution in [0.2, 0.25) is 5.02 Å². The monoisotopic (exact) mass is 505 g/mol. The van der Waals surface area contributed by atoms with E-state index in [0.29, 0.717) is 31.7 Å². The minimum absolute atomic E-state index is 0.0265. The predicted molar refractivity (Wildman–Crippen MR) is 134 cm³/mol. The maximum Gasteiger partial charge on any atom is 0.338 e. The average Bonchev–Trinajstić information content (AvgIpc) is 2.85.